The zero-order valence-corrected chi connectivity index (χ0v) is 15.5. The van der Waals surface area contributed by atoms with E-state index in [1.54, 1.807) is 0 Å². The minimum Gasteiger partial charge on any atom is -0.349 e. The number of nitrogens with zero attached hydrogens (tertiary/aromatic N) is 3. The van der Waals surface area contributed by atoms with Gasteiger partial charge in [-0.1, -0.05) is 42.5 Å². The van der Waals surface area contributed by atoms with Gasteiger partial charge in [0.15, 0.2) is 0 Å². The molecule has 0 amide bonds. The Balaban J connectivity index is 1.66. The molecular weight excluding hydrogens is 320 g/mol. The number of aryl methyl sites for hydroxylation is 2. The molecule has 0 saturated carbocycles. The fourth-order valence-corrected chi connectivity index (χ4v) is 3.67. The minimum absolute atomic E-state index is 0.306. The Kier molecular flexibility index (Phi) is 4.33. The van der Waals surface area contributed by atoms with E-state index in [2.05, 4.69) is 71.5 Å². The van der Waals surface area contributed by atoms with E-state index in [9.17, 15) is 0 Å². The Hall–Kier alpha value is -2.88. The van der Waals surface area contributed by atoms with Gasteiger partial charge in [-0.15, -0.1) is 0 Å². The third-order valence-electron chi connectivity index (χ3n) is 5.12. The molecular formula is C22H24N4. The van der Waals surface area contributed by atoms with E-state index in [1.807, 2.05) is 19.1 Å². The van der Waals surface area contributed by atoms with Crippen molar-refractivity contribution in [3.05, 3.63) is 77.0 Å². The van der Waals surface area contributed by atoms with Crippen LogP contribution in [0, 0.1) is 13.8 Å². The first-order valence-electron chi connectivity index (χ1n) is 9.14. The third kappa shape index (κ3) is 3.15. The summed E-state index contributed by atoms with van der Waals surface area (Å²) in [7, 11) is 0. The quantitative estimate of drug-likeness (QED) is 0.729. The van der Waals surface area contributed by atoms with Crippen molar-refractivity contribution in [2.24, 2.45) is 0 Å². The Labute approximate surface area is 154 Å². The van der Waals surface area contributed by atoms with Crippen molar-refractivity contribution in [3.8, 4) is 0 Å². The fourth-order valence-electron chi connectivity index (χ4n) is 3.67. The molecule has 4 rings (SSSR count). The van der Waals surface area contributed by atoms with E-state index in [1.165, 1.54) is 16.7 Å². The van der Waals surface area contributed by atoms with Crippen molar-refractivity contribution in [2.75, 3.05) is 16.8 Å². The summed E-state index contributed by atoms with van der Waals surface area (Å²) < 4.78 is 0. The second-order valence-corrected chi connectivity index (χ2v) is 6.95. The van der Waals surface area contributed by atoms with Crippen LogP contribution < -0.4 is 10.2 Å². The maximum absolute atomic E-state index is 4.82. The number of para-hydroxylation sites is 1. The van der Waals surface area contributed by atoms with E-state index < -0.39 is 0 Å². The molecule has 0 fully saturated rings. The van der Waals surface area contributed by atoms with Gasteiger partial charge in [-0.2, -0.15) is 4.98 Å². The highest BCUT2D eigenvalue weighted by atomic mass is 15.2. The average Bonchev–Trinajstić information content (AvgIpc) is 2.64. The Bertz CT molecular complexity index is 935. The summed E-state index contributed by atoms with van der Waals surface area (Å²) in [5.74, 6) is 1.64. The second-order valence-electron chi connectivity index (χ2n) is 6.95. The van der Waals surface area contributed by atoms with Gasteiger partial charge in [0, 0.05) is 24.0 Å². The average molecular weight is 344 g/mol. The molecule has 1 atom stereocenters. The number of fused-ring (bicyclic) bond motifs is 1. The van der Waals surface area contributed by atoms with Gasteiger partial charge in [0.25, 0.3) is 0 Å². The monoisotopic (exact) mass is 344 g/mol. The van der Waals surface area contributed by atoms with Crippen molar-refractivity contribution in [1.82, 2.24) is 9.97 Å². The van der Waals surface area contributed by atoms with Gasteiger partial charge in [-0.3, -0.25) is 0 Å². The molecule has 1 aliphatic rings. The van der Waals surface area contributed by atoms with Crippen molar-refractivity contribution in [1.29, 1.82) is 0 Å². The number of hydrogen-bond donors (Lipinski definition) is 1. The van der Waals surface area contributed by atoms with Crippen LogP contribution in [0.15, 0.2) is 54.6 Å². The van der Waals surface area contributed by atoms with Gasteiger partial charge in [-0.05, 0) is 49.9 Å². The predicted octanol–water partition coefficient (Wildman–Crippen LogP) is 4.96. The molecule has 132 valence electrons. The van der Waals surface area contributed by atoms with Crippen LogP contribution in [0.1, 0.15) is 35.3 Å². The normalized spacial score (nSPS) is 16.3. The van der Waals surface area contributed by atoms with Gasteiger partial charge in [0.2, 0.25) is 5.95 Å². The largest absolute Gasteiger partial charge is 0.349 e. The predicted molar refractivity (Wildman–Crippen MR) is 107 cm³/mol. The summed E-state index contributed by atoms with van der Waals surface area (Å²) in [4.78, 5) is 11.8. The molecule has 1 unspecified atom stereocenters. The van der Waals surface area contributed by atoms with Crippen LogP contribution in [-0.2, 0) is 6.42 Å². The zero-order chi connectivity index (χ0) is 18.1. The zero-order valence-electron chi connectivity index (χ0n) is 15.5. The molecule has 4 nitrogen and oxygen atoms in total. The molecule has 2 aromatic carbocycles. The summed E-state index contributed by atoms with van der Waals surface area (Å²) in [6, 6.07) is 19.3. The van der Waals surface area contributed by atoms with Crippen LogP contribution in [0.3, 0.4) is 0 Å². The summed E-state index contributed by atoms with van der Waals surface area (Å²) in [5, 5.41) is 3.38. The van der Waals surface area contributed by atoms with Crippen molar-refractivity contribution in [3.63, 3.8) is 0 Å². The molecule has 26 heavy (non-hydrogen) atoms. The summed E-state index contributed by atoms with van der Waals surface area (Å²) >= 11 is 0. The fraction of sp³-hybridized carbons (Fsp3) is 0.273. The van der Waals surface area contributed by atoms with E-state index in [0.29, 0.717) is 12.0 Å². The van der Waals surface area contributed by atoms with E-state index in [-0.39, 0.29) is 0 Å². The molecule has 0 aliphatic carbocycles. The molecule has 1 N–H and O–H groups in total. The van der Waals surface area contributed by atoms with Crippen molar-refractivity contribution in [2.45, 2.75) is 33.2 Å². The number of rotatable bonds is 3. The lowest BCUT2D eigenvalue weighted by Gasteiger charge is -2.36. The third-order valence-corrected chi connectivity index (χ3v) is 5.12. The van der Waals surface area contributed by atoms with Gasteiger partial charge in [0.05, 0.1) is 6.04 Å². The van der Waals surface area contributed by atoms with Crippen LogP contribution in [0.2, 0.25) is 0 Å². The first-order valence-corrected chi connectivity index (χ1v) is 9.14. The lowest BCUT2D eigenvalue weighted by molar-refractivity contribution is 0.616. The van der Waals surface area contributed by atoms with E-state index >= 15 is 0 Å². The number of aromatic nitrogens is 2. The van der Waals surface area contributed by atoms with E-state index in [0.717, 1.165) is 30.2 Å². The summed E-state index contributed by atoms with van der Waals surface area (Å²) in [5.41, 5.74) is 6.03. The summed E-state index contributed by atoms with van der Waals surface area (Å²) in [6.07, 6.45) is 1.05. The molecule has 3 aromatic rings. The van der Waals surface area contributed by atoms with Crippen LogP contribution in [0.4, 0.5) is 17.5 Å². The molecule has 2 heterocycles. The Morgan fingerprint density at radius 2 is 1.77 bits per heavy atom. The lowest BCUT2D eigenvalue weighted by Crippen LogP contribution is -2.34. The number of hydrogen-bond acceptors (Lipinski definition) is 4. The highest BCUT2D eigenvalue weighted by Gasteiger charge is 2.25. The van der Waals surface area contributed by atoms with Gasteiger partial charge < -0.3 is 10.2 Å². The number of anilines is 3. The molecule has 1 aliphatic heterocycles. The van der Waals surface area contributed by atoms with Crippen molar-refractivity contribution >= 4 is 17.5 Å². The van der Waals surface area contributed by atoms with E-state index in [4.69, 9.17) is 4.98 Å². The molecule has 0 bridgehead atoms. The number of benzene rings is 2. The highest BCUT2D eigenvalue weighted by Crippen LogP contribution is 2.33. The topological polar surface area (TPSA) is 41.1 Å². The highest BCUT2D eigenvalue weighted by molar-refractivity contribution is 5.60. The first kappa shape index (κ1) is 16.6. The van der Waals surface area contributed by atoms with Gasteiger partial charge in [-0.25, -0.2) is 4.98 Å². The maximum Gasteiger partial charge on any atom is 0.229 e. The standard InChI is InChI=1S/C22H24N4/c1-15-8-4-7-11-20(15)24-22-23-16(2)14-21(25-22)26-13-12-18-9-5-6-10-19(18)17(26)3/h4-11,14,17H,12-13H2,1-3H3,(H,23,24,25). The van der Waals surface area contributed by atoms with Crippen LogP contribution in [0.5, 0.6) is 0 Å². The molecule has 4 heteroatoms. The van der Waals surface area contributed by atoms with Crippen LogP contribution in [0.25, 0.3) is 0 Å². The molecule has 0 saturated heterocycles. The van der Waals surface area contributed by atoms with Crippen LogP contribution >= 0.6 is 0 Å². The van der Waals surface area contributed by atoms with Gasteiger partial charge >= 0.3 is 0 Å². The molecule has 0 radical (unpaired) electrons. The SMILES string of the molecule is Cc1cc(N2CCc3ccccc3C2C)nc(Nc2ccccc2C)n1. The van der Waals surface area contributed by atoms with Gasteiger partial charge in [0.1, 0.15) is 5.82 Å². The molecule has 0 spiro atoms. The second kappa shape index (κ2) is 6.79. The minimum atomic E-state index is 0.306. The Morgan fingerprint density at radius 3 is 2.62 bits per heavy atom. The lowest BCUT2D eigenvalue weighted by atomic mass is 9.93. The number of nitrogens with one attached hydrogen (secondary N) is 1. The summed E-state index contributed by atoms with van der Waals surface area (Å²) in [6.45, 7) is 7.34. The van der Waals surface area contributed by atoms with Crippen molar-refractivity contribution < 1.29 is 0 Å². The Morgan fingerprint density at radius 1 is 1.00 bits per heavy atom. The first-order chi connectivity index (χ1) is 12.6. The smallest absolute Gasteiger partial charge is 0.229 e. The maximum atomic E-state index is 4.82. The molecule has 1 aromatic heterocycles. The van der Waals surface area contributed by atoms with Crippen LogP contribution in [-0.4, -0.2) is 16.5 Å².